The van der Waals surface area contributed by atoms with Gasteiger partial charge in [0.15, 0.2) is 5.78 Å². The molecule has 1 N–H and O–H groups in total. The molecule has 0 saturated carbocycles. The second-order valence-electron chi connectivity index (χ2n) is 2.52. The number of carbonyl (C=O) groups is 1. The molecule has 0 unspecified atom stereocenters. The molecule has 0 amide bonds. The maximum absolute atomic E-state index is 11.1. The summed E-state index contributed by atoms with van der Waals surface area (Å²) in [6.07, 6.45) is 0. The number of ketones is 1. The van der Waals surface area contributed by atoms with Crippen LogP contribution in [0.1, 0.15) is 10.4 Å². The van der Waals surface area contributed by atoms with Crippen molar-refractivity contribution in [3.63, 3.8) is 0 Å². The van der Waals surface area contributed by atoms with Crippen molar-refractivity contribution < 1.29 is 14.8 Å². The zero-order chi connectivity index (χ0) is 10.7. The van der Waals surface area contributed by atoms with Gasteiger partial charge in [-0.25, -0.2) is 0 Å². The quantitative estimate of drug-likeness (QED) is 0.360. The number of carbonyl (C=O) groups excluding carboxylic acids is 1. The molecule has 74 valence electrons. The molecule has 1 aromatic carbocycles. The third kappa shape index (κ3) is 2.00. The standard InChI is InChI=1S/C8H6ClNO4/c9-4-8(12)6-2-1-5(10(13)14)3-7(6)11/h1-3,11H,4H2. The fraction of sp³-hybridized carbons (Fsp3) is 0.125. The van der Waals surface area contributed by atoms with E-state index in [9.17, 15) is 20.0 Å². The molecule has 0 fully saturated rings. The topological polar surface area (TPSA) is 80.4 Å². The normalized spacial score (nSPS) is 9.79. The van der Waals surface area contributed by atoms with Crippen LogP contribution in [0, 0.1) is 10.1 Å². The highest BCUT2D eigenvalue weighted by Crippen LogP contribution is 2.23. The van der Waals surface area contributed by atoms with Crippen LogP contribution >= 0.6 is 11.6 Å². The van der Waals surface area contributed by atoms with Gasteiger partial charge >= 0.3 is 0 Å². The minimum atomic E-state index is -0.658. The van der Waals surface area contributed by atoms with E-state index in [0.29, 0.717) is 0 Å². The molecule has 0 saturated heterocycles. The number of nitro groups is 1. The molecular weight excluding hydrogens is 210 g/mol. The molecule has 0 aliphatic rings. The number of hydrogen-bond acceptors (Lipinski definition) is 4. The molecule has 1 aromatic rings. The fourth-order valence-corrected chi connectivity index (χ4v) is 1.09. The van der Waals surface area contributed by atoms with E-state index in [-0.39, 0.29) is 17.1 Å². The van der Waals surface area contributed by atoms with Crippen LogP contribution in [-0.4, -0.2) is 21.7 Å². The number of aromatic hydroxyl groups is 1. The zero-order valence-electron chi connectivity index (χ0n) is 6.94. The molecule has 0 atom stereocenters. The third-order valence-corrected chi connectivity index (χ3v) is 1.86. The summed E-state index contributed by atoms with van der Waals surface area (Å²) in [6, 6.07) is 3.23. The lowest BCUT2D eigenvalue weighted by Crippen LogP contribution is -2.01. The van der Waals surface area contributed by atoms with Crippen LogP contribution in [0.25, 0.3) is 0 Å². The number of halogens is 1. The summed E-state index contributed by atoms with van der Waals surface area (Å²) < 4.78 is 0. The Bertz CT molecular complexity index is 391. The second-order valence-corrected chi connectivity index (χ2v) is 2.78. The van der Waals surface area contributed by atoms with Gasteiger partial charge in [-0.05, 0) is 6.07 Å². The first kappa shape index (κ1) is 10.5. The Labute approximate surface area is 84.1 Å². The Morgan fingerprint density at radius 3 is 2.64 bits per heavy atom. The number of non-ortho nitro benzene ring substituents is 1. The van der Waals surface area contributed by atoms with Crippen molar-refractivity contribution in [2.75, 3.05) is 5.88 Å². The summed E-state index contributed by atoms with van der Waals surface area (Å²) in [7, 11) is 0. The van der Waals surface area contributed by atoms with Gasteiger partial charge in [0.25, 0.3) is 5.69 Å². The van der Waals surface area contributed by atoms with E-state index in [4.69, 9.17) is 11.6 Å². The fourth-order valence-electron chi connectivity index (χ4n) is 0.941. The SMILES string of the molecule is O=C(CCl)c1ccc([N+](=O)[O-])cc1O. The first-order valence-electron chi connectivity index (χ1n) is 3.63. The van der Waals surface area contributed by atoms with E-state index in [0.717, 1.165) is 12.1 Å². The number of alkyl halides is 1. The van der Waals surface area contributed by atoms with Gasteiger partial charge in [0.2, 0.25) is 0 Å². The molecule has 0 aliphatic heterocycles. The van der Waals surface area contributed by atoms with E-state index in [1.165, 1.54) is 6.07 Å². The summed E-state index contributed by atoms with van der Waals surface area (Å²) in [5.74, 6) is -1.17. The average Bonchev–Trinajstić information content (AvgIpc) is 2.16. The van der Waals surface area contributed by atoms with Crippen LogP contribution in [0.4, 0.5) is 5.69 Å². The maximum Gasteiger partial charge on any atom is 0.273 e. The lowest BCUT2D eigenvalue weighted by molar-refractivity contribution is -0.384. The Morgan fingerprint density at radius 1 is 1.57 bits per heavy atom. The van der Waals surface area contributed by atoms with E-state index in [2.05, 4.69) is 0 Å². The predicted molar refractivity (Wildman–Crippen MR) is 49.8 cm³/mol. The monoisotopic (exact) mass is 215 g/mol. The lowest BCUT2D eigenvalue weighted by atomic mass is 10.1. The van der Waals surface area contributed by atoms with Crippen molar-refractivity contribution in [1.82, 2.24) is 0 Å². The Morgan fingerprint density at radius 2 is 2.21 bits per heavy atom. The average molecular weight is 216 g/mol. The van der Waals surface area contributed by atoms with Crippen LogP contribution in [0.2, 0.25) is 0 Å². The molecule has 0 aromatic heterocycles. The van der Waals surface area contributed by atoms with Gasteiger partial charge in [-0.3, -0.25) is 14.9 Å². The van der Waals surface area contributed by atoms with Gasteiger partial charge in [0.05, 0.1) is 22.4 Å². The minimum Gasteiger partial charge on any atom is -0.507 e. The van der Waals surface area contributed by atoms with Gasteiger partial charge in [-0.15, -0.1) is 11.6 Å². The smallest absolute Gasteiger partial charge is 0.273 e. The van der Waals surface area contributed by atoms with Crippen molar-refractivity contribution >= 4 is 23.1 Å². The van der Waals surface area contributed by atoms with Crippen LogP contribution in [-0.2, 0) is 0 Å². The van der Waals surface area contributed by atoms with Crippen molar-refractivity contribution in [2.24, 2.45) is 0 Å². The number of phenolic OH excluding ortho intramolecular Hbond substituents is 1. The zero-order valence-corrected chi connectivity index (χ0v) is 7.69. The molecular formula is C8H6ClNO4. The van der Waals surface area contributed by atoms with Crippen LogP contribution in [0.15, 0.2) is 18.2 Å². The predicted octanol–water partition coefficient (Wildman–Crippen LogP) is 1.72. The molecule has 6 heteroatoms. The van der Waals surface area contributed by atoms with Crippen molar-refractivity contribution in [2.45, 2.75) is 0 Å². The minimum absolute atomic E-state index is 0.00870. The Balaban J connectivity index is 3.14. The Hall–Kier alpha value is -1.62. The molecule has 0 spiro atoms. The first-order valence-corrected chi connectivity index (χ1v) is 4.16. The van der Waals surface area contributed by atoms with Gasteiger partial charge in [0, 0.05) is 6.07 Å². The summed E-state index contributed by atoms with van der Waals surface area (Å²) in [5, 5.41) is 19.5. The molecule has 5 nitrogen and oxygen atoms in total. The van der Waals surface area contributed by atoms with Gasteiger partial charge in [-0.1, -0.05) is 0 Å². The van der Waals surface area contributed by atoms with Crippen molar-refractivity contribution in [3.05, 3.63) is 33.9 Å². The molecule has 14 heavy (non-hydrogen) atoms. The van der Waals surface area contributed by atoms with Crippen LogP contribution < -0.4 is 0 Å². The third-order valence-electron chi connectivity index (χ3n) is 1.61. The number of hydrogen-bond donors (Lipinski definition) is 1. The number of nitrogens with zero attached hydrogens (tertiary/aromatic N) is 1. The summed E-state index contributed by atoms with van der Waals surface area (Å²) in [6.45, 7) is 0. The summed E-state index contributed by atoms with van der Waals surface area (Å²) in [4.78, 5) is 20.7. The lowest BCUT2D eigenvalue weighted by Gasteiger charge is -2.00. The number of benzene rings is 1. The Kier molecular flexibility index (Phi) is 3.03. The molecule has 1 rings (SSSR count). The highest BCUT2D eigenvalue weighted by atomic mass is 35.5. The van der Waals surface area contributed by atoms with Crippen LogP contribution in [0.3, 0.4) is 0 Å². The number of phenols is 1. The molecule has 0 radical (unpaired) electrons. The number of rotatable bonds is 3. The summed E-state index contributed by atoms with van der Waals surface area (Å²) >= 11 is 5.27. The number of Topliss-reactive ketones (excluding diaryl/α,β-unsaturated/α-hetero) is 1. The second kappa shape index (κ2) is 4.06. The number of nitro benzene ring substituents is 1. The van der Waals surface area contributed by atoms with E-state index in [1.54, 1.807) is 0 Å². The molecule has 0 heterocycles. The van der Waals surface area contributed by atoms with Crippen molar-refractivity contribution in [3.8, 4) is 5.75 Å². The van der Waals surface area contributed by atoms with Crippen LogP contribution in [0.5, 0.6) is 5.75 Å². The highest BCUT2D eigenvalue weighted by Gasteiger charge is 2.14. The largest absolute Gasteiger partial charge is 0.507 e. The first-order chi connectivity index (χ1) is 6.56. The van der Waals surface area contributed by atoms with Gasteiger partial charge in [0.1, 0.15) is 5.75 Å². The molecule has 0 bridgehead atoms. The summed E-state index contributed by atoms with van der Waals surface area (Å²) in [5.41, 5.74) is -0.278. The van der Waals surface area contributed by atoms with Gasteiger partial charge < -0.3 is 5.11 Å². The van der Waals surface area contributed by atoms with E-state index < -0.39 is 16.5 Å². The highest BCUT2D eigenvalue weighted by molar-refractivity contribution is 6.30. The van der Waals surface area contributed by atoms with Gasteiger partial charge in [-0.2, -0.15) is 0 Å². The maximum atomic E-state index is 11.1. The van der Waals surface area contributed by atoms with E-state index in [1.807, 2.05) is 0 Å². The van der Waals surface area contributed by atoms with Crippen molar-refractivity contribution in [1.29, 1.82) is 0 Å². The molecule has 0 aliphatic carbocycles. The van der Waals surface area contributed by atoms with E-state index >= 15 is 0 Å².